The fourth-order valence-electron chi connectivity index (χ4n) is 3.71. The molecule has 6 heteroatoms. The van der Waals surface area contributed by atoms with Crippen molar-refractivity contribution in [2.75, 3.05) is 13.1 Å². The molecule has 1 aliphatic heterocycles. The van der Waals surface area contributed by atoms with E-state index in [1.165, 1.54) is 0 Å². The molecule has 1 aliphatic rings. The maximum Gasteiger partial charge on any atom is 0.217 e. The van der Waals surface area contributed by atoms with Crippen LogP contribution < -0.4 is 5.73 Å². The third-order valence-corrected chi connectivity index (χ3v) is 5.10. The van der Waals surface area contributed by atoms with Gasteiger partial charge in [-0.15, -0.1) is 0 Å². The SMILES string of the molecule is NC(=O)CC1CCN(Cc2cnc3c(-c4ccccc4)cnn3c2)CC1. The zero-order valence-corrected chi connectivity index (χ0v) is 14.7. The third kappa shape index (κ3) is 3.60. The van der Waals surface area contributed by atoms with Gasteiger partial charge in [0.05, 0.1) is 6.20 Å². The van der Waals surface area contributed by atoms with Crippen molar-refractivity contribution in [1.82, 2.24) is 19.5 Å². The minimum atomic E-state index is -0.189. The lowest BCUT2D eigenvalue weighted by Gasteiger charge is -2.31. The molecule has 0 bridgehead atoms. The normalized spacial score (nSPS) is 16.2. The molecule has 3 heterocycles. The highest BCUT2D eigenvalue weighted by molar-refractivity contribution is 5.76. The Labute approximate surface area is 152 Å². The van der Waals surface area contributed by atoms with Gasteiger partial charge in [0.1, 0.15) is 0 Å². The summed E-state index contributed by atoms with van der Waals surface area (Å²) in [5.41, 5.74) is 9.50. The number of fused-ring (bicyclic) bond motifs is 1. The van der Waals surface area contributed by atoms with Crippen molar-refractivity contribution in [3.05, 3.63) is 54.5 Å². The first kappa shape index (κ1) is 16.7. The highest BCUT2D eigenvalue weighted by Crippen LogP contribution is 2.24. The van der Waals surface area contributed by atoms with Crippen LogP contribution in [-0.2, 0) is 11.3 Å². The topological polar surface area (TPSA) is 76.5 Å². The zero-order chi connectivity index (χ0) is 17.9. The molecule has 134 valence electrons. The number of likely N-dealkylation sites (tertiary alicyclic amines) is 1. The fraction of sp³-hybridized carbons (Fsp3) is 0.350. The van der Waals surface area contributed by atoms with Crippen LogP contribution >= 0.6 is 0 Å². The molecule has 0 atom stereocenters. The Bertz CT molecular complexity index is 897. The predicted octanol–water partition coefficient (Wildman–Crippen LogP) is 2.48. The number of aromatic nitrogens is 3. The van der Waals surface area contributed by atoms with Gasteiger partial charge in [0, 0.05) is 36.5 Å². The molecule has 1 aromatic carbocycles. The Morgan fingerprint density at radius 2 is 1.92 bits per heavy atom. The van der Waals surface area contributed by atoms with Gasteiger partial charge in [-0.25, -0.2) is 9.50 Å². The number of nitrogens with zero attached hydrogens (tertiary/aromatic N) is 4. The Morgan fingerprint density at radius 3 is 2.65 bits per heavy atom. The quantitative estimate of drug-likeness (QED) is 0.768. The van der Waals surface area contributed by atoms with Crippen molar-refractivity contribution in [2.24, 2.45) is 11.7 Å². The van der Waals surface area contributed by atoms with E-state index in [0.29, 0.717) is 12.3 Å². The predicted molar refractivity (Wildman–Crippen MR) is 100 cm³/mol. The number of primary amides is 1. The molecule has 1 saturated heterocycles. The summed E-state index contributed by atoms with van der Waals surface area (Å²) in [5, 5.41) is 4.48. The van der Waals surface area contributed by atoms with Gasteiger partial charge in [-0.05, 0) is 37.4 Å². The van der Waals surface area contributed by atoms with Gasteiger partial charge >= 0.3 is 0 Å². The first-order valence-corrected chi connectivity index (χ1v) is 9.07. The van der Waals surface area contributed by atoms with Gasteiger partial charge in [-0.1, -0.05) is 30.3 Å². The van der Waals surface area contributed by atoms with E-state index in [1.54, 1.807) is 0 Å². The van der Waals surface area contributed by atoms with Crippen molar-refractivity contribution < 1.29 is 4.79 Å². The zero-order valence-electron chi connectivity index (χ0n) is 14.7. The van der Waals surface area contributed by atoms with E-state index in [2.05, 4.69) is 33.3 Å². The van der Waals surface area contributed by atoms with Crippen LogP contribution in [0.3, 0.4) is 0 Å². The van der Waals surface area contributed by atoms with Crippen LogP contribution in [0, 0.1) is 5.92 Å². The van der Waals surface area contributed by atoms with E-state index in [0.717, 1.165) is 54.8 Å². The Morgan fingerprint density at radius 1 is 1.15 bits per heavy atom. The second kappa shape index (κ2) is 7.25. The van der Waals surface area contributed by atoms with E-state index in [1.807, 2.05) is 35.1 Å². The van der Waals surface area contributed by atoms with Crippen molar-refractivity contribution in [3.8, 4) is 11.1 Å². The van der Waals surface area contributed by atoms with Gasteiger partial charge in [-0.3, -0.25) is 9.69 Å². The summed E-state index contributed by atoms with van der Waals surface area (Å²) in [5.74, 6) is 0.245. The van der Waals surface area contributed by atoms with Crippen molar-refractivity contribution in [2.45, 2.75) is 25.8 Å². The summed E-state index contributed by atoms with van der Waals surface area (Å²) in [6, 6.07) is 10.2. The first-order chi connectivity index (χ1) is 12.7. The van der Waals surface area contributed by atoms with Gasteiger partial charge in [-0.2, -0.15) is 5.10 Å². The van der Waals surface area contributed by atoms with E-state index >= 15 is 0 Å². The number of nitrogens with two attached hydrogens (primary N) is 1. The number of hydrogen-bond acceptors (Lipinski definition) is 4. The molecule has 0 aliphatic carbocycles. The Balaban J connectivity index is 1.45. The lowest BCUT2D eigenvalue weighted by Crippen LogP contribution is -2.34. The molecule has 1 fully saturated rings. The van der Waals surface area contributed by atoms with Gasteiger partial charge in [0.2, 0.25) is 5.91 Å². The van der Waals surface area contributed by atoms with Gasteiger partial charge in [0.15, 0.2) is 5.65 Å². The van der Waals surface area contributed by atoms with Crippen LogP contribution in [0.25, 0.3) is 16.8 Å². The molecule has 26 heavy (non-hydrogen) atoms. The van der Waals surface area contributed by atoms with Crippen LogP contribution in [0.2, 0.25) is 0 Å². The Hall–Kier alpha value is -2.73. The molecule has 0 saturated carbocycles. The molecule has 0 radical (unpaired) electrons. The summed E-state index contributed by atoms with van der Waals surface area (Å²) < 4.78 is 1.86. The van der Waals surface area contributed by atoms with Gasteiger partial charge in [0.25, 0.3) is 0 Å². The van der Waals surface area contributed by atoms with Crippen LogP contribution in [-0.4, -0.2) is 38.5 Å². The lowest BCUT2D eigenvalue weighted by atomic mass is 9.93. The maximum absolute atomic E-state index is 11.1. The molecular formula is C20H23N5O. The number of piperidine rings is 1. The van der Waals surface area contributed by atoms with Crippen LogP contribution in [0.5, 0.6) is 0 Å². The van der Waals surface area contributed by atoms with E-state index < -0.39 is 0 Å². The number of rotatable bonds is 5. The molecule has 2 N–H and O–H groups in total. The monoisotopic (exact) mass is 349 g/mol. The van der Waals surface area contributed by atoms with E-state index in [4.69, 9.17) is 5.73 Å². The van der Waals surface area contributed by atoms with Crippen LogP contribution in [0.1, 0.15) is 24.8 Å². The standard InChI is InChI=1S/C20H23N5O/c21-19(26)10-15-6-8-24(9-7-15)13-16-11-22-20-18(12-23-25(20)14-16)17-4-2-1-3-5-17/h1-5,11-12,14-15H,6-10,13H2,(H2,21,26). The highest BCUT2D eigenvalue weighted by Gasteiger charge is 2.21. The van der Waals surface area contributed by atoms with E-state index in [9.17, 15) is 4.79 Å². The van der Waals surface area contributed by atoms with Crippen molar-refractivity contribution in [1.29, 1.82) is 0 Å². The van der Waals surface area contributed by atoms with Crippen LogP contribution in [0.15, 0.2) is 48.9 Å². The minimum Gasteiger partial charge on any atom is -0.370 e. The number of amides is 1. The summed E-state index contributed by atoms with van der Waals surface area (Å²) in [4.78, 5) is 18.1. The molecule has 2 aromatic heterocycles. The average Bonchev–Trinajstić information content (AvgIpc) is 3.07. The summed E-state index contributed by atoms with van der Waals surface area (Å²) in [6.45, 7) is 2.83. The minimum absolute atomic E-state index is 0.189. The summed E-state index contributed by atoms with van der Waals surface area (Å²) in [7, 11) is 0. The number of carbonyl (C=O) groups excluding carboxylic acids is 1. The largest absolute Gasteiger partial charge is 0.370 e. The molecule has 4 rings (SSSR count). The molecule has 1 amide bonds. The van der Waals surface area contributed by atoms with Gasteiger partial charge < -0.3 is 5.73 Å². The second-order valence-electron chi connectivity index (χ2n) is 7.04. The summed E-state index contributed by atoms with van der Waals surface area (Å²) >= 11 is 0. The molecule has 3 aromatic rings. The number of benzene rings is 1. The second-order valence-corrected chi connectivity index (χ2v) is 7.04. The third-order valence-electron chi connectivity index (χ3n) is 5.10. The first-order valence-electron chi connectivity index (χ1n) is 9.07. The van der Waals surface area contributed by atoms with Crippen molar-refractivity contribution in [3.63, 3.8) is 0 Å². The number of carbonyl (C=O) groups is 1. The molecular weight excluding hydrogens is 326 g/mol. The molecule has 6 nitrogen and oxygen atoms in total. The molecule has 0 spiro atoms. The lowest BCUT2D eigenvalue weighted by molar-refractivity contribution is -0.119. The van der Waals surface area contributed by atoms with Crippen LogP contribution in [0.4, 0.5) is 0 Å². The highest BCUT2D eigenvalue weighted by atomic mass is 16.1. The van der Waals surface area contributed by atoms with E-state index in [-0.39, 0.29) is 5.91 Å². The summed E-state index contributed by atoms with van der Waals surface area (Å²) in [6.07, 6.45) is 8.44. The van der Waals surface area contributed by atoms with Crippen molar-refractivity contribution >= 4 is 11.6 Å². The molecule has 0 unspecified atom stereocenters. The maximum atomic E-state index is 11.1. The fourth-order valence-corrected chi connectivity index (χ4v) is 3.71. The number of hydrogen-bond donors (Lipinski definition) is 1. The smallest absolute Gasteiger partial charge is 0.217 e. The Kier molecular flexibility index (Phi) is 4.67. The average molecular weight is 349 g/mol.